The molecule has 0 saturated heterocycles. The highest BCUT2D eigenvalue weighted by molar-refractivity contribution is 5.89. The third-order valence-electron chi connectivity index (χ3n) is 3.77. The van der Waals surface area contributed by atoms with Crippen molar-refractivity contribution in [3.8, 4) is 0 Å². The molecule has 0 aromatic carbocycles. The maximum absolute atomic E-state index is 12.8. The van der Waals surface area contributed by atoms with Crippen molar-refractivity contribution in [1.82, 2.24) is 24.9 Å². The zero-order valence-electron chi connectivity index (χ0n) is 13.2. The monoisotopic (exact) mass is 342 g/mol. The Labute approximate surface area is 135 Å². The summed E-state index contributed by atoms with van der Waals surface area (Å²) in [4.78, 5) is 11.9. The summed E-state index contributed by atoms with van der Waals surface area (Å²) in [5, 5.41) is 12.4. The first-order valence-electron chi connectivity index (χ1n) is 7.42. The summed E-state index contributed by atoms with van der Waals surface area (Å²) in [5.41, 5.74) is 0.262. The quantitative estimate of drug-likeness (QED) is 0.896. The second-order valence-corrected chi connectivity index (χ2v) is 5.83. The van der Waals surface area contributed by atoms with Gasteiger partial charge in [0.15, 0.2) is 5.69 Å². The van der Waals surface area contributed by atoms with E-state index in [-0.39, 0.29) is 12.2 Å². The second kappa shape index (κ2) is 5.84. The Morgan fingerprint density at radius 1 is 1.33 bits per heavy atom. The van der Waals surface area contributed by atoms with Gasteiger partial charge in [-0.25, -0.2) is 4.79 Å². The molecular weight excluding hydrogens is 325 g/mol. The van der Waals surface area contributed by atoms with Crippen molar-refractivity contribution in [2.24, 2.45) is 14.1 Å². The smallest absolute Gasteiger partial charge is 0.332 e. The summed E-state index contributed by atoms with van der Waals surface area (Å²) in [5.74, 6) is 0.489. The van der Waals surface area contributed by atoms with E-state index in [1.807, 2.05) is 6.07 Å². The van der Waals surface area contributed by atoms with E-state index < -0.39 is 17.9 Å². The molecule has 0 radical (unpaired) electrons. The summed E-state index contributed by atoms with van der Waals surface area (Å²) in [6.07, 6.45) is -1.29. The summed E-state index contributed by atoms with van der Waals surface area (Å²) in [7, 11) is 3.12. The Morgan fingerprint density at radius 2 is 2.04 bits per heavy atom. The summed E-state index contributed by atoms with van der Waals surface area (Å²) in [6.45, 7) is 0.170. The third kappa shape index (κ3) is 3.52. The lowest BCUT2D eigenvalue weighted by Gasteiger charge is -2.09. The first-order chi connectivity index (χ1) is 11.2. The number of nitrogens with zero attached hydrogens (tertiary/aromatic N) is 4. The maximum atomic E-state index is 12.8. The minimum Gasteiger partial charge on any atom is -0.332 e. The van der Waals surface area contributed by atoms with Crippen molar-refractivity contribution in [3.05, 3.63) is 29.3 Å². The van der Waals surface area contributed by atoms with Gasteiger partial charge in [0.2, 0.25) is 0 Å². The van der Waals surface area contributed by atoms with Crippen molar-refractivity contribution in [3.63, 3.8) is 0 Å². The van der Waals surface area contributed by atoms with Gasteiger partial charge in [0.05, 0.1) is 23.6 Å². The molecule has 24 heavy (non-hydrogen) atoms. The number of alkyl halides is 3. The molecular formula is C14H17F3N6O. The molecule has 1 saturated carbocycles. The molecule has 3 rings (SSSR count). The van der Waals surface area contributed by atoms with Crippen LogP contribution in [0.2, 0.25) is 0 Å². The number of rotatable bonds is 4. The Hall–Kier alpha value is -2.52. The van der Waals surface area contributed by atoms with Crippen molar-refractivity contribution < 1.29 is 18.0 Å². The van der Waals surface area contributed by atoms with E-state index in [0.29, 0.717) is 5.92 Å². The summed E-state index contributed by atoms with van der Waals surface area (Å²) in [6, 6.07) is 1.17. The largest absolute Gasteiger partial charge is 0.437 e. The molecule has 1 aliphatic carbocycles. The van der Waals surface area contributed by atoms with Crippen LogP contribution in [0.1, 0.15) is 35.8 Å². The molecule has 0 aliphatic heterocycles. The average molecular weight is 342 g/mol. The van der Waals surface area contributed by atoms with Crippen LogP contribution in [-0.4, -0.2) is 25.6 Å². The minimum absolute atomic E-state index is 0.170. The van der Waals surface area contributed by atoms with Gasteiger partial charge in [-0.15, -0.1) is 0 Å². The number of carbonyl (C=O) groups is 1. The van der Waals surface area contributed by atoms with E-state index >= 15 is 0 Å². The van der Waals surface area contributed by atoms with Crippen LogP contribution in [0.15, 0.2) is 12.3 Å². The van der Waals surface area contributed by atoms with Crippen LogP contribution in [0.4, 0.5) is 23.7 Å². The molecule has 10 heteroatoms. The standard InChI is InChI=1S/C14H17F3N6O/c1-22-7-11(12(21-22)14(15,16)17)19-13(24)18-6-9-5-10(8-3-4-8)20-23(9)2/h5,7-8H,3-4,6H2,1-2H3,(H2,18,19,24). The van der Waals surface area contributed by atoms with Gasteiger partial charge < -0.3 is 10.6 Å². The third-order valence-corrected chi connectivity index (χ3v) is 3.77. The van der Waals surface area contributed by atoms with Gasteiger partial charge in [0.25, 0.3) is 0 Å². The number of urea groups is 1. The zero-order valence-corrected chi connectivity index (χ0v) is 13.2. The van der Waals surface area contributed by atoms with Crippen molar-refractivity contribution in [2.75, 3.05) is 5.32 Å². The van der Waals surface area contributed by atoms with Gasteiger partial charge in [-0.2, -0.15) is 23.4 Å². The van der Waals surface area contributed by atoms with Gasteiger partial charge in [-0.05, 0) is 18.9 Å². The second-order valence-electron chi connectivity index (χ2n) is 5.83. The van der Waals surface area contributed by atoms with E-state index in [1.165, 1.54) is 7.05 Å². The van der Waals surface area contributed by atoms with E-state index in [9.17, 15) is 18.0 Å². The highest BCUT2D eigenvalue weighted by atomic mass is 19.4. The van der Waals surface area contributed by atoms with E-state index in [2.05, 4.69) is 20.8 Å². The predicted octanol–water partition coefficient (Wildman–Crippen LogP) is 2.37. The fourth-order valence-corrected chi connectivity index (χ4v) is 2.40. The Balaban J connectivity index is 1.62. The summed E-state index contributed by atoms with van der Waals surface area (Å²) < 4.78 is 41.2. The van der Waals surface area contributed by atoms with E-state index in [0.717, 1.165) is 35.1 Å². The number of aromatic nitrogens is 4. The molecule has 2 aromatic rings. The van der Waals surface area contributed by atoms with Crippen LogP contribution >= 0.6 is 0 Å². The number of aryl methyl sites for hydroxylation is 2. The fraction of sp³-hybridized carbons (Fsp3) is 0.500. The topological polar surface area (TPSA) is 76.8 Å². The van der Waals surface area contributed by atoms with Crippen LogP contribution in [0, 0.1) is 0 Å². The molecule has 2 aromatic heterocycles. The van der Waals surface area contributed by atoms with E-state index in [4.69, 9.17) is 0 Å². The van der Waals surface area contributed by atoms with Gasteiger partial charge >= 0.3 is 12.2 Å². The molecule has 7 nitrogen and oxygen atoms in total. The number of amides is 2. The Kier molecular flexibility index (Phi) is 3.98. The molecule has 2 amide bonds. The molecule has 1 fully saturated rings. The first kappa shape index (κ1) is 16.3. The predicted molar refractivity (Wildman–Crippen MR) is 79.3 cm³/mol. The van der Waals surface area contributed by atoms with Crippen molar-refractivity contribution in [1.29, 1.82) is 0 Å². The highest BCUT2D eigenvalue weighted by Crippen LogP contribution is 2.39. The first-order valence-corrected chi connectivity index (χ1v) is 7.42. The van der Waals surface area contributed by atoms with Gasteiger partial charge in [-0.1, -0.05) is 0 Å². The highest BCUT2D eigenvalue weighted by Gasteiger charge is 2.37. The van der Waals surface area contributed by atoms with Crippen molar-refractivity contribution in [2.45, 2.75) is 31.5 Å². The number of carbonyl (C=O) groups excluding carboxylic acids is 1. The molecule has 1 aliphatic rings. The molecule has 0 unspecified atom stereocenters. The normalized spacial score (nSPS) is 14.7. The van der Waals surface area contributed by atoms with Crippen LogP contribution in [0.25, 0.3) is 0 Å². The number of nitrogens with one attached hydrogen (secondary N) is 2. The molecule has 0 bridgehead atoms. The van der Waals surface area contributed by atoms with Gasteiger partial charge in [0, 0.05) is 26.2 Å². The minimum atomic E-state index is -4.63. The average Bonchev–Trinajstić information content (AvgIpc) is 3.16. The zero-order chi connectivity index (χ0) is 17.5. The number of hydrogen-bond donors (Lipinski definition) is 2. The molecule has 2 heterocycles. The van der Waals surface area contributed by atoms with Crippen molar-refractivity contribution >= 4 is 11.7 Å². The van der Waals surface area contributed by atoms with Crippen LogP contribution in [-0.2, 0) is 26.8 Å². The fourth-order valence-electron chi connectivity index (χ4n) is 2.40. The summed E-state index contributed by atoms with van der Waals surface area (Å²) >= 11 is 0. The lowest BCUT2D eigenvalue weighted by molar-refractivity contribution is -0.140. The number of halogens is 3. The number of hydrogen-bond acceptors (Lipinski definition) is 3. The van der Waals surface area contributed by atoms with E-state index in [1.54, 1.807) is 11.7 Å². The van der Waals surface area contributed by atoms with Crippen LogP contribution in [0.5, 0.6) is 0 Å². The Morgan fingerprint density at radius 3 is 2.67 bits per heavy atom. The lowest BCUT2D eigenvalue weighted by Crippen LogP contribution is -2.29. The molecule has 2 N–H and O–H groups in total. The van der Waals surface area contributed by atoms with Gasteiger partial charge in [-0.3, -0.25) is 9.36 Å². The maximum Gasteiger partial charge on any atom is 0.437 e. The SMILES string of the molecule is Cn1cc(NC(=O)NCc2cc(C3CC3)nn2C)c(C(F)(F)F)n1. The Bertz CT molecular complexity index is 759. The van der Waals surface area contributed by atoms with Gasteiger partial charge in [0.1, 0.15) is 0 Å². The molecule has 0 atom stereocenters. The van der Waals surface area contributed by atoms with Crippen LogP contribution < -0.4 is 10.6 Å². The van der Waals surface area contributed by atoms with Crippen LogP contribution in [0.3, 0.4) is 0 Å². The molecule has 130 valence electrons. The lowest BCUT2D eigenvalue weighted by atomic mass is 10.2. The molecule has 0 spiro atoms. The number of anilines is 1.